The summed E-state index contributed by atoms with van der Waals surface area (Å²) in [5, 5.41) is 0. The van der Waals surface area contributed by atoms with Crippen molar-refractivity contribution in [1.29, 1.82) is 0 Å². The van der Waals surface area contributed by atoms with Crippen LogP contribution >= 0.6 is 0 Å². The summed E-state index contributed by atoms with van der Waals surface area (Å²) in [6.07, 6.45) is -4.82. The van der Waals surface area contributed by atoms with Crippen molar-refractivity contribution in [3.8, 4) is 0 Å². The van der Waals surface area contributed by atoms with Crippen molar-refractivity contribution in [1.82, 2.24) is 4.90 Å². The van der Waals surface area contributed by atoms with Crippen LogP contribution in [0.4, 0.5) is 13.2 Å². The number of hydrogen-bond donors (Lipinski definition) is 0. The van der Waals surface area contributed by atoms with Crippen LogP contribution in [-0.2, 0) is 11.3 Å². The van der Waals surface area contributed by atoms with E-state index < -0.39 is 12.1 Å². The molecule has 0 radical (unpaired) electrons. The Kier molecular flexibility index (Phi) is 4.04. The molecule has 0 heterocycles. The molecule has 5 heteroatoms. The highest BCUT2D eigenvalue weighted by atomic mass is 19.4. The van der Waals surface area contributed by atoms with E-state index >= 15 is 0 Å². The normalized spacial score (nSPS) is 11.5. The van der Waals surface area contributed by atoms with E-state index in [1.165, 1.54) is 0 Å². The summed E-state index contributed by atoms with van der Waals surface area (Å²) in [6.45, 7) is 5.62. The number of halogens is 3. The van der Waals surface area contributed by atoms with E-state index in [9.17, 15) is 18.0 Å². The molecule has 0 fully saturated rings. The lowest BCUT2D eigenvalue weighted by molar-refractivity contribution is -0.184. The summed E-state index contributed by atoms with van der Waals surface area (Å²) in [4.78, 5) is 11.7. The maximum absolute atomic E-state index is 12.3. The molecule has 0 aliphatic rings. The van der Waals surface area contributed by atoms with Gasteiger partial charge in [-0.2, -0.15) is 13.2 Å². The molecule has 1 amide bonds. The molecule has 0 aliphatic heterocycles. The molecule has 0 aromatic heterocycles. The van der Waals surface area contributed by atoms with Gasteiger partial charge in [0, 0.05) is 13.6 Å². The van der Waals surface area contributed by atoms with Gasteiger partial charge in [-0.05, 0) is 43.0 Å². The SMILES string of the molecule is Cc1cc(C)c(CN(C)C(=O)C(F)(F)F)cc1C. The first kappa shape index (κ1) is 14.5. The molecular weight excluding hydrogens is 243 g/mol. The predicted octanol–water partition coefficient (Wildman–Crippen LogP) is 3.13. The van der Waals surface area contributed by atoms with Crippen LogP contribution in [0.2, 0.25) is 0 Å². The van der Waals surface area contributed by atoms with Gasteiger partial charge in [-0.25, -0.2) is 0 Å². The molecular formula is C13H16F3NO. The topological polar surface area (TPSA) is 20.3 Å². The summed E-state index contributed by atoms with van der Waals surface area (Å²) in [7, 11) is 1.16. The Hall–Kier alpha value is -1.52. The minimum absolute atomic E-state index is 0.0364. The Bertz CT molecular complexity index is 466. The first-order valence-corrected chi connectivity index (χ1v) is 5.52. The molecule has 0 atom stereocenters. The van der Waals surface area contributed by atoms with Crippen molar-refractivity contribution in [3.05, 3.63) is 34.4 Å². The lowest BCUT2D eigenvalue weighted by atomic mass is 10.0. The first-order chi connectivity index (χ1) is 8.12. The van der Waals surface area contributed by atoms with Crippen LogP contribution in [0.25, 0.3) is 0 Å². The Morgan fingerprint density at radius 3 is 2.11 bits per heavy atom. The largest absolute Gasteiger partial charge is 0.471 e. The van der Waals surface area contributed by atoms with Crippen molar-refractivity contribution in [2.45, 2.75) is 33.5 Å². The van der Waals surface area contributed by atoms with Gasteiger partial charge >= 0.3 is 12.1 Å². The van der Waals surface area contributed by atoms with Gasteiger partial charge in [0.1, 0.15) is 0 Å². The second kappa shape index (κ2) is 5.00. The van der Waals surface area contributed by atoms with Crippen LogP contribution in [0.1, 0.15) is 22.3 Å². The van der Waals surface area contributed by atoms with Gasteiger partial charge in [0.25, 0.3) is 0 Å². The molecule has 1 aromatic rings. The zero-order valence-electron chi connectivity index (χ0n) is 10.9. The molecule has 0 N–H and O–H groups in total. The number of aryl methyl sites for hydroxylation is 3. The summed E-state index contributed by atoms with van der Waals surface area (Å²) in [6, 6.07) is 3.74. The van der Waals surface area contributed by atoms with Crippen molar-refractivity contribution in [2.75, 3.05) is 7.05 Å². The molecule has 0 spiro atoms. The monoisotopic (exact) mass is 259 g/mol. The van der Waals surface area contributed by atoms with Gasteiger partial charge in [0.15, 0.2) is 0 Å². The number of carbonyl (C=O) groups excluding carboxylic acids is 1. The fourth-order valence-corrected chi connectivity index (χ4v) is 1.73. The number of carbonyl (C=O) groups is 1. The first-order valence-electron chi connectivity index (χ1n) is 5.52. The summed E-state index contributed by atoms with van der Waals surface area (Å²) in [5.41, 5.74) is 3.71. The minimum Gasteiger partial charge on any atom is -0.334 e. The summed E-state index contributed by atoms with van der Waals surface area (Å²) >= 11 is 0. The van der Waals surface area contributed by atoms with Crippen molar-refractivity contribution in [2.24, 2.45) is 0 Å². The smallest absolute Gasteiger partial charge is 0.334 e. The van der Waals surface area contributed by atoms with E-state index in [-0.39, 0.29) is 6.54 Å². The Morgan fingerprint density at radius 2 is 1.61 bits per heavy atom. The second-order valence-electron chi connectivity index (χ2n) is 4.52. The average Bonchev–Trinajstić information content (AvgIpc) is 2.23. The lowest BCUT2D eigenvalue weighted by Crippen LogP contribution is -2.38. The second-order valence-corrected chi connectivity index (χ2v) is 4.52. The number of hydrogen-bond acceptors (Lipinski definition) is 1. The van der Waals surface area contributed by atoms with Crippen LogP contribution in [0, 0.1) is 20.8 Å². The molecule has 0 saturated heterocycles. The van der Waals surface area contributed by atoms with Crippen molar-refractivity contribution >= 4 is 5.91 Å². The highest BCUT2D eigenvalue weighted by molar-refractivity contribution is 5.81. The standard InChI is InChI=1S/C13H16F3NO/c1-8-5-10(3)11(6-9(8)2)7-17(4)12(18)13(14,15)16/h5-6H,7H2,1-4H3. The summed E-state index contributed by atoms with van der Waals surface area (Å²) in [5.74, 6) is -1.82. The fraction of sp³-hybridized carbons (Fsp3) is 0.462. The fourth-order valence-electron chi connectivity index (χ4n) is 1.73. The summed E-state index contributed by atoms with van der Waals surface area (Å²) < 4.78 is 36.8. The number of rotatable bonds is 2. The van der Waals surface area contributed by atoms with E-state index in [2.05, 4.69) is 0 Å². The molecule has 100 valence electrons. The van der Waals surface area contributed by atoms with Gasteiger partial charge in [-0.15, -0.1) is 0 Å². The van der Waals surface area contributed by atoms with Crippen LogP contribution < -0.4 is 0 Å². The van der Waals surface area contributed by atoms with E-state index in [4.69, 9.17) is 0 Å². The molecule has 0 unspecified atom stereocenters. The Balaban J connectivity index is 2.92. The van der Waals surface area contributed by atoms with Gasteiger partial charge < -0.3 is 4.90 Å². The van der Waals surface area contributed by atoms with E-state index in [0.717, 1.165) is 29.3 Å². The van der Waals surface area contributed by atoms with Crippen LogP contribution in [0.15, 0.2) is 12.1 Å². The number of nitrogens with zero attached hydrogens (tertiary/aromatic N) is 1. The minimum atomic E-state index is -4.82. The van der Waals surface area contributed by atoms with E-state index in [1.807, 2.05) is 32.9 Å². The van der Waals surface area contributed by atoms with Crippen molar-refractivity contribution < 1.29 is 18.0 Å². The maximum atomic E-state index is 12.3. The quantitative estimate of drug-likeness (QED) is 0.799. The Morgan fingerprint density at radius 1 is 1.11 bits per heavy atom. The van der Waals surface area contributed by atoms with Crippen molar-refractivity contribution in [3.63, 3.8) is 0 Å². The third kappa shape index (κ3) is 3.24. The predicted molar refractivity (Wildman–Crippen MR) is 63.2 cm³/mol. The average molecular weight is 259 g/mol. The molecule has 0 saturated carbocycles. The molecule has 1 aromatic carbocycles. The third-order valence-corrected chi connectivity index (χ3v) is 2.95. The molecule has 0 bridgehead atoms. The highest BCUT2D eigenvalue weighted by Crippen LogP contribution is 2.21. The molecule has 2 nitrogen and oxygen atoms in total. The van der Waals surface area contributed by atoms with Crippen LogP contribution in [0.3, 0.4) is 0 Å². The Labute approximate surface area is 104 Å². The van der Waals surface area contributed by atoms with Crippen LogP contribution in [0.5, 0.6) is 0 Å². The number of benzene rings is 1. The van der Waals surface area contributed by atoms with Gasteiger partial charge in [0.05, 0.1) is 0 Å². The molecule has 0 aliphatic carbocycles. The highest BCUT2D eigenvalue weighted by Gasteiger charge is 2.41. The number of alkyl halides is 3. The lowest BCUT2D eigenvalue weighted by Gasteiger charge is -2.20. The van der Waals surface area contributed by atoms with E-state index in [0.29, 0.717) is 4.90 Å². The zero-order valence-corrected chi connectivity index (χ0v) is 10.9. The van der Waals surface area contributed by atoms with Crippen LogP contribution in [-0.4, -0.2) is 24.0 Å². The van der Waals surface area contributed by atoms with Gasteiger partial charge in [-0.1, -0.05) is 12.1 Å². The van der Waals surface area contributed by atoms with Gasteiger partial charge in [-0.3, -0.25) is 4.79 Å². The zero-order chi connectivity index (χ0) is 14.1. The molecule has 1 rings (SSSR count). The van der Waals surface area contributed by atoms with E-state index in [1.54, 1.807) is 0 Å². The maximum Gasteiger partial charge on any atom is 0.471 e. The molecule has 18 heavy (non-hydrogen) atoms. The third-order valence-electron chi connectivity index (χ3n) is 2.95. The number of amides is 1. The van der Waals surface area contributed by atoms with Gasteiger partial charge in [0.2, 0.25) is 0 Å².